The number of hydrogen-bond acceptors (Lipinski definition) is 6. The van der Waals surface area contributed by atoms with E-state index < -0.39 is 16.7 Å². The number of imidazole rings is 1. The molecule has 0 N–H and O–H groups in total. The Morgan fingerprint density at radius 2 is 1.82 bits per heavy atom. The number of fused-ring (bicyclic) bond motifs is 1. The first-order valence-electron chi connectivity index (χ1n) is 6.18. The quantitative estimate of drug-likeness (QED) is 0.363. The van der Waals surface area contributed by atoms with E-state index in [1.807, 2.05) is 0 Å². The molecule has 22 heavy (non-hydrogen) atoms. The summed E-state index contributed by atoms with van der Waals surface area (Å²) in [5, 5.41) is 15.3. The summed E-state index contributed by atoms with van der Waals surface area (Å²) in [7, 11) is 1.44. The zero-order chi connectivity index (χ0) is 15.9. The van der Waals surface area contributed by atoms with E-state index in [0.717, 1.165) is 5.01 Å². The molecule has 2 aromatic rings. The van der Waals surface area contributed by atoms with Crippen LogP contribution in [-0.4, -0.2) is 37.5 Å². The number of carbonyl (C=O) groups excluding carboxylic acids is 2. The third-order valence-electron chi connectivity index (χ3n) is 3.24. The Labute approximate surface area is 123 Å². The summed E-state index contributed by atoms with van der Waals surface area (Å²) >= 11 is 0. The Morgan fingerprint density at radius 3 is 2.32 bits per heavy atom. The molecular weight excluding hydrogens is 290 g/mol. The topological polar surface area (TPSA) is 111 Å². The number of nitro groups is 1. The van der Waals surface area contributed by atoms with E-state index in [9.17, 15) is 19.7 Å². The molecule has 0 unspecified atom stereocenters. The van der Waals surface area contributed by atoms with Gasteiger partial charge < -0.3 is 10.1 Å². The van der Waals surface area contributed by atoms with E-state index in [1.54, 1.807) is 24.3 Å². The molecule has 0 aliphatic carbocycles. The lowest BCUT2D eigenvalue weighted by molar-refractivity contribution is -0.396. The molecule has 1 aromatic heterocycles. The Balaban J connectivity index is 1.90. The van der Waals surface area contributed by atoms with Crippen molar-refractivity contribution in [2.75, 3.05) is 0 Å². The number of nitrogens with zero attached hydrogens (tertiary/aromatic N) is 5. The summed E-state index contributed by atoms with van der Waals surface area (Å²) in [5.41, 5.74) is 0.851. The summed E-state index contributed by atoms with van der Waals surface area (Å²) in [5.74, 6) is -1.43. The van der Waals surface area contributed by atoms with Crippen LogP contribution >= 0.6 is 0 Å². The second kappa shape index (κ2) is 4.88. The minimum absolute atomic E-state index is 0.278. The number of benzene rings is 1. The lowest BCUT2D eigenvalue weighted by Gasteiger charge is -2.04. The number of hydrazone groups is 1. The van der Waals surface area contributed by atoms with Crippen LogP contribution in [0.1, 0.15) is 26.4 Å². The van der Waals surface area contributed by atoms with Crippen molar-refractivity contribution in [3.05, 3.63) is 57.4 Å². The average Bonchev–Trinajstić information content (AvgIpc) is 2.98. The number of aromatic nitrogens is 2. The van der Waals surface area contributed by atoms with Gasteiger partial charge in [-0.25, -0.2) is 4.57 Å². The first-order chi connectivity index (χ1) is 10.5. The van der Waals surface area contributed by atoms with Crippen LogP contribution in [0.3, 0.4) is 0 Å². The number of rotatable bonds is 3. The highest BCUT2D eigenvalue weighted by Gasteiger charge is 2.35. The van der Waals surface area contributed by atoms with Gasteiger partial charge in [0.1, 0.15) is 6.20 Å². The number of carbonyl (C=O) groups is 2. The zero-order valence-corrected chi connectivity index (χ0v) is 11.3. The van der Waals surface area contributed by atoms with Crippen molar-refractivity contribution in [1.29, 1.82) is 0 Å². The molecule has 0 spiro atoms. The van der Waals surface area contributed by atoms with Gasteiger partial charge in [-0.05, 0) is 17.1 Å². The van der Waals surface area contributed by atoms with Crippen LogP contribution in [-0.2, 0) is 7.05 Å². The van der Waals surface area contributed by atoms with E-state index in [4.69, 9.17) is 0 Å². The van der Waals surface area contributed by atoms with Crippen LogP contribution in [0.25, 0.3) is 0 Å². The van der Waals surface area contributed by atoms with E-state index in [-0.39, 0.29) is 17.1 Å². The van der Waals surface area contributed by atoms with Crippen molar-refractivity contribution in [1.82, 2.24) is 14.6 Å². The molecule has 0 bridgehead atoms. The molecule has 0 saturated carbocycles. The second-order valence-corrected chi connectivity index (χ2v) is 4.51. The summed E-state index contributed by atoms with van der Waals surface area (Å²) in [6.45, 7) is 0. The maximum Gasteiger partial charge on any atom is 0.434 e. The highest BCUT2D eigenvalue weighted by Crippen LogP contribution is 2.22. The van der Waals surface area contributed by atoms with Gasteiger partial charge in [0.05, 0.1) is 24.4 Å². The predicted octanol–water partition coefficient (Wildman–Crippen LogP) is 0.958. The summed E-state index contributed by atoms with van der Waals surface area (Å²) in [6, 6.07) is 6.39. The highest BCUT2D eigenvalue weighted by atomic mass is 16.6. The molecule has 1 aliphatic heterocycles. The molecule has 0 radical (unpaired) electrons. The molecule has 0 saturated heterocycles. The molecule has 9 heteroatoms. The normalized spacial score (nSPS) is 14.0. The SMILES string of the molecule is Cn1c(/C=N/N2C(=O)c3ccccc3C2=O)cnc1[N+](=O)[O-]. The molecular formula is C13H9N5O4. The van der Waals surface area contributed by atoms with Crippen molar-refractivity contribution in [2.24, 2.45) is 12.1 Å². The Bertz CT molecular complexity index is 804. The third kappa shape index (κ3) is 1.95. The van der Waals surface area contributed by atoms with Gasteiger partial charge >= 0.3 is 5.95 Å². The van der Waals surface area contributed by atoms with Gasteiger partial charge in [0.25, 0.3) is 11.8 Å². The van der Waals surface area contributed by atoms with Gasteiger partial charge in [-0.2, -0.15) is 10.1 Å². The van der Waals surface area contributed by atoms with E-state index in [1.165, 1.54) is 24.0 Å². The molecule has 110 valence electrons. The number of hydrogen-bond donors (Lipinski definition) is 0. The summed E-state index contributed by atoms with van der Waals surface area (Å²) in [6.07, 6.45) is 2.42. The molecule has 3 rings (SSSR count). The first kappa shape index (κ1) is 13.6. The number of imide groups is 1. The maximum absolute atomic E-state index is 12.1. The highest BCUT2D eigenvalue weighted by molar-refractivity contribution is 6.21. The van der Waals surface area contributed by atoms with Crippen molar-refractivity contribution in [3.8, 4) is 0 Å². The molecule has 1 aromatic carbocycles. The maximum atomic E-state index is 12.1. The van der Waals surface area contributed by atoms with Gasteiger partial charge in [-0.3, -0.25) is 9.59 Å². The Kier molecular flexibility index (Phi) is 3.02. The zero-order valence-electron chi connectivity index (χ0n) is 11.3. The van der Waals surface area contributed by atoms with Crippen LogP contribution in [0, 0.1) is 10.1 Å². The van der Waals surface area contributed by atoms with Gasteiger partial charge in [0.2, 0.25) is 0 Å². The molecule has 2 heterocycles. The van der Waals surface area contributed by atoms with Crippen LogP contribution in [0.15, 0.2) is 35.6 Å². The van der Waals surface area contributed by atoms with Crippen LogP contribution in [0.5, 0.6) is 0 Å². The smallest absolute Gasteiger partial charge is 0.390 e. The average molecular weight is 299 g/mol. The summed E-state index contributed by atoms with van der Waals surface area (Å²) in [4.78, 5) is 37.9. The fourth-order valence-corrected chi connectivity index (χ4v) is 2.10. The molecule has 0 atom stereocenters. The molecule has 2 amide bonds. The van der Waals surface area contributed by atoms with Crippen molar-refractivity contribution < 1.29 is 14.5 Å². The fourth-order valence-electron chi connectivity index (χ4n) is 2.10. The van der Waals surface area contributed by atoms with Crippen molar-refractivity contribution >= 4 is 24.0 Å². The minimum Gasteiger partial charge on any atom is -0.390 e. The monoisotopic (exact) mass is 299 g/mol. The lowest BCUT2D eigenvalue weighted by Crippen LogP contribution is -2.24. The van der Waals surface area contributed by atoms with Gasteiger partial charge in [-0.15, -0.1) is 0 Å². The van der Waals surface area contributed by atoms with Crippen molar-refractivity contribution in [2.45, 2.75) is 0 Å². The molecule has 0 fully saturated rings. The fraction of sp³-hybridized carbons (Fsp3) is 0.0769. The second-order valence-electron chi connectivity index (χ2n) is 4.51. The minimum atomic E-state index is -0.640. The summed E-state index contributed by atoms with van der Waals surface area (Å²) < 4.78 is 1.20. The largest absolute Gasteiger partial charge is 0.434 e. The van der Waals surface area contributed by atoms with Crippen LogP contribution in [0.2, 0.25) is 0 Å². The van der Waals surface area contributed by atoms with Gasteiger partial charge in [-0.1, -0.05) is 17.1 Å². The Hall–Kier alpha value is -3.36. The van der Waals surface area contributed by atoms with Crippen LogP contribution in [0.4, 0.5) is 5.95 Å². The van der Waals surface area contributed by atoms with E-state index in [2.05, 4.69) is 10.1 Å². The first-order valence-corrected chi connectivity index (χ1v) is 6.18. The number of amides is 2. The van der Waals surface area contributed by atoms with Gasteiger partial charge in [0.15, 0.2) is 5.69 Å². The molecule has 1 aliphatic rings. The van der Waals surface area contributed by atoms with Crippen LogP contribution < -0.4 is 0 Å². The predicted molar refractivity (Wildman–Crippen MR) is 74.4 cm³/mol. The van der Waals surface area contributed by atoms with Gasteiger partial charge in [0, 0.05) is 0 Å². The standard InChI is InChI=1S/C13H9N5O4/c1-16-8(6-14-13(16)18(21)22)7-15-17-11(19)9-4-2-3-5-10(9)12(17)20/h2-7H,1H3/b15-7+. The Morgan fingerprint density at radius 1 is 1.23 bits per heavy atom. The van der Waals surface area contributed by atoms with E-state index >= 15 is 0 Å². The molecule has 9 nitrogen and oxygen atoms in total. The van der Waals surface area contributed by atoms with E-state index in [0.29, 0.717) is 5.69 Å². The third-order valence-corrected chi connectivity index (χ3v) is 3.24. The van der Waals surface area contributed by atoms with Crippen molar-refractivity contribution in [3.63, 3.8) is 0 Å². The lowest BCUT2D eigenvalue weighted by atomic mass is 10.1.